The van der Waals surface area contributed by atoms with Gasteiger partial charge in [-0.05, 0) is 34.7 Å². The van der Waals surface area contributed by atoms with Crippen molar-refractivity contribution in [3.05, 3.63) is 64.5 Å². The zero-order chi connectivity index (χ0) is 16.4. The summed E-state index contributed by atoms with van der Waals surface area (Å²) in [6, 6.07) is 12.9. The lowest BCUT2D eigenvalue weighted by atomic mass is 9.87. The first-order valence-corrected chi connectivity index (χ1v) is 8.25. The van der Waals surface area contributed by atoms with Crippen LogP contribution in [0.5, 0.6) is 0 Å². The van der Waals surface area contributed by atoms with Gasteiger partial charge in [-0.25, -0.2) is 8.42 Å². The molecule has 0 amide bonds. The predicted molar refractivity (Wildman–Crippen MR) is 85.8 cm³/mol. The highest BCUT2D eigenvalue weighted by atomic mass is 32.2. The second-order valence-corrected chi connectivity index (χ2v) is 7.85. The SMILES string of the molecule is CC(C)(C)c1ccc(S(=O)(=O)c2ccccc2N=[N+]=[N-])cc1. The van der Waals surface area contributed by atoms with E-state index < -0.39 is 9.84 Å². The molecule has 0 N–H and O–H groups in total. The summed E-state index contributed by atoms with van der Waals surface area (Å²) >= 11 is 0. The standard InChI is InChI=1S/C16H17N3O2S/c1-16(2,3)12-8-10-13(11-9-12)22(20,21)15-7-5-4-6-14(15)18-19-17/h4-11H,1-3H3. The Morgan fingerprint density at radius 1 is 1.00 bits per heavy atom. The maximum Gasteiger partial charge on any atom is 0.207 e. The van der Waals surface area contributed by atoms with Crippen LogP contribution >= 0.6 is 0 Å². The summed E-state index contributed by atoms with van der Waals surface area (Å²) in [6.45, 7) is 6.19. The maximum absolute atomic E-state index is 12.7. The van der Waals surface area contributed by atoms with E-state index in [1.165, 1.54) is 12.1 Å². The molecule has 0 fully saturated rings. The van der Waals surface area contributed by atoms with Crippen molar-refractivity contribution in [3.8, 4) is 0 Å². The van der Waals surface area contributed by atoms with Gasteiger partial charge in [0, 0.05) is 4.91 Å². The number of azide groups is 1. The summed E-state index contributed by atoms with van der Waals surface area (Å²) in [6.07, 6.45) is 0. The fraction of sp³-hybridized carbons (Fsp3) is 0.250. The Morgan fingerprint density at radius 2 is 1.59 bits per heavy atom. The minimum atomic E-state index is -3.72. The van der Waals surface area contributed by atoms with Crippen LogP contribution in [0.15, 0.2) is 63.4 Å². The zero-order valence-electron chi connectivity index (χ0n) is 12.7. The van der Waals surface area contributed by atoms with E-state index in [-0.39, 0.29) is 20.9 Å². The molecule has 2 rings (SSSR count). The van der Waals surface area contributed by atoms with Crippen LogP contribution in [0.4, 0.5) is 5.69 Å². The summed E-state index contributed by atoms with van der Waals surface area (Å²) in [5.41, 5.74) is 9.67. The van der Waals surface area contributed by atoms with Gasteiger partial charge >= 0.3 is 0 Å². The molecule has 0 aliphatic rings. The van der Waals surface area contributed by atoms with Crippen molar-refractivity contribution in [2.24, 2.45) is 5.11 Å². The molecule has 22 heavy (non-hydrogen) atoms. The summed E-state index contributed by atoms with van der Waals surface area (Å²) < 4.78 is 25.4. The maximum atomic E-state index is 12.7. The van der Waals surface area contributed by atoms with E-state index in [9.17, 15) is 8.42 Å². The lowest BCUT2D eigenvalue weighted by Gasteiger charge is -2.19. The third kappa shape index (κ3) is 3.13. The van der Waals surface area contributed by atoms with Crippen molar-refractivity contribution in [1.29, 1.82) is 0 Å². The van der Waals surface area contributed by atoms with Gasteiger partial charge in [0.25, 0.3) is 0 Å². The summed E-state index contributed by atoms with van der Waals surface area (Å²) in [5.74, 6) is 0. The van der Waals surface area contributed by atoms with Crippen LogP contribution in [0.2, 0.25) is 0 Å². The van der Waals surface area contributed by atoms with Gasteiger partial charge in [-0.15, -0.1) is 0 Å². The Labute approximate surface area is 130 Å². The Bertz CT molecular complexity index is 828. The second-order valence-electron chi connectivity index (χ2n) is 5.93. The Hall–Kier alpha value is -2.30. The van der Waals surface area contributed by atoms with E-state index in [2.05, 4.69) is 30.8 Å². The molecule has 0 unspecified atom stereocenters. The van der Waals surface area contributed by atoms with Gasteiger partial charge in [-0.1, -0.05) is 56.2 Å². The molecule has 0 heterocycles. The molecule has 0 spiro atoms. The molecule has 0 aliphatic heterocycles. The molecule has 0 saturated carbocycles. The van der Waals surface area contributed by atoms with Gasteiger partial charge in [-0.2, -0.15) is 0 Å². The predicted octanol–water partition coefficient (Wildman–Crippen LogP) is 4.76. The van der Waals surface area contributed by atoms with Gasteiger partial charge < -0.3 is 0 Å². The van der Waals surface area contributed by atoms with Crippen LogP contribution in [-0.2, 0) is 15.3 Å². The highest BCUT2D eigenvalue weighted by Crippen LogP contribution is 2.31. The molecule has 114 valence electrons. The van der Waals surface area contributed by atoms with E-state index in [0.717, 1.165) is 5.56 Å². The first-order valence-electron chi connectivity index (χ1n) is 6.76. The fourth-order valence-corrected chi connectivity index (χ4v) is 3.47. The molecular weight excluding hydrogens is 298 g/mol. The molecule has 5 nitrogen and oxygen atoms in total. The third-order valence-electron chi connectivity index (χ3n) is 3.34. The summed E-state index contributed by atoms with van der Waals surface area (Å²) in [4.78, 5) is 2.87. The Balaban J connectivity index is 2.54. The van der Waals surface area contributed by atoms with Crippen LogP contribution in [-0.4, -0.2) is 8.42 Å². The van der Waals surface area contributed by atoms with Crippen molar-refractivity contribution in [2.45, 2.75) is 36.0 Å². The number of hydrogen-bond acceptors (Lipinski definition) is 3. The minimum Gasteiger partial charge on any atom is -0.219 e. The monoisotopic (exact) mass is 315 g/mol. The van der Waals surface area contributed by atoms with E-state index in [1.807, 2.05) is 12.1 Å². The summed E-state index contributed by atoms with van der Waals surface area (Å²) in [5, 5.41) is 3.46. The summed E-state index contributed by atoms with van der Waals surface area (Å²) in [7, 11) is -3.72. The number of benzene rings is 2. The highest BCUT2D eigenvalue weighted by molar-refractivity contribution is 7.91. The third-order valence-corrected chi connectivity index (χ3v) is 5.15. The average molecular weight is 315 g/mol. The molecule has 0 aliphatic carbocycles. The molecule has 0 saturated heterocycles. The Morgan fingerprint density at radius 3 is 2.14 bits per heavy atom. The molecule has 2 aromatic carbocycles. The van der Waals surface area contributed by atoms with Gasteiger partial charge in [0.15, 0.2) is 0 Å². The topological polar surface area (TPSA) is 82.9 Å². The van der Waals surface area contributed by atoms with Crippen LogP contribution in [0, 0.1) is 0 Å². The van der Waals surface area contributed by atoms with Gasteiger partial charge in [-0.3, -0.25) is 0 Å². The smallest absolute Gasteiger partial charge is 0.207 e. The van der Waals surface area contributed by atoms with Gasteiger partial charge in [0.1, 0.15) is 0 Å². The van der Waals surface area contributed by atoms with E-state index >= 15 is 0 Å². The number of hydrogen-bond donors (Lipinski definition) is 0. The lowest BCUT2D eigenvalue weighted by Crippen LogP contribution is -2.11. The molecule has 0 aromatic heterocycles. The van der Waals surface area contributed by atoms with Crippen molar-refractivity contribution in [3.63, 3.8) is 0 Å². The molecule has 0 atom stereocenters. The number of sulfone groups is 1. The molecule has 2 aromatic rings. The van der Waals surface area contributed by atoms with E-state index in [0.29, 0.717) is 0 Å². The van der Waals surface area contributed by atoms with Crippen LogP contribution < -0.4 is 0 Å². The highest BCUT2D eigenvalue weighted by Gasteiger charge is 2.21. The van der Waals surface area contributed by atoms with Crippen molar-refractivity contribution in [2.75, 3.05) is 0 Å². The van der Waals surface area contributed by atoms with Crippen molar-refractivity contribution >= 4 is 15.5 Å². The van der Waals surface area contributed by atoms with Gasteiger partial charge in [0.05, 0.1) is 15.5 Å². The fourth-order valence-electron chi connectivity index (χ4n) is 2.08. The first kappa shape index (κ1) is 16.1. The Kier molecular flexibility index (Phi) is 4.26. The molecule has 0 bridgehead atoms. The normalized spacial score (nSPS) is 11.8. The zero-order valence-corrected chi connectivity index (χ0v) is 13.5. The number of nitrogens with zero attached hydrogens (tertiary/aromatic N) is 3. The minimum absolute atomic E-state index is 0.0105. The quantitative estimate of drug-likeness (QED) is 0.465. The van der Waals surface area contributed by atoms with E-state index in [1.54, 1.807) is 24.3 Å². The first-order chi connectivity index (χ1) is 10.3. The lowest BCUT2D eigenvalue weighted by molar-refractivity contribution is 0.586. The van der Waals surface area contributed by atoms with Crippen molar-refractivity contribution < 1.29 is 8.42 Å². The van der Waals surface area contributed by atoms with Gasteiger partial charge in [0.2, 0.25) is 9.84 Å². The number of rotatable bonds is 3. The largest absolute Gasteiger partial charge is 0.219 e. The molecule has 0 radical (unpaired) electrons. The average Bonchev–Trinajstić information content (AvgIpc) is 2.47. The molecule has 6 heteroatoms. The second kappa shape index (κ2) is 5.83. The van der Waals surface area contributed by atoms with Crippen LogP contribution in [0.25, 0.3) is 10.4 Å². The molecular formula is C16H17N3O2S. The van der Waals surface area contributed by atoms with E-state index in [4.69, 9.17) is 5.53 Å². The van der Waals surface area contributed by atoms with Crippen LogP contribution in [0.3, 0.4) is 0 Å². The van der Waals surface area contributed by atoms with Crippen molar-refractivity contribution in [1.82, 2.24) is 0 Å². The van der Waals surface area contributed by atoms with Crippen LogP contribution in [0.1, 0.15) is 26.3 Å².